The van der Waals surface area contributed by atoms with Gasteiger partial charge in [0, 0.05) is 25.0 Å². The van der Waals surface area contributed by atoms with E-state index in [0.29, 0.717) is 11.3 Å². The van der Waals surface area contributed by atoms with Crippen LogP contribution in [-0.4, -0.2) is 16.4 Å². The number of amides is 2. The molecule has 7 nitrogen and oxygen atoms in total. The van der Waals surface area contributed by atoms with E-state index in [1.165, 1.54) is 36.9 Å². The van der Waals surface area contributed by atoms with Crippen molar-refractivity contribution in [3.8, 4) is 0 Å². The molecule has 2 aromatic heterocycles. The van der Waals surface area contributed by atoms with Crippen LogP contribution in [0.4, 0.5) is 4.39 Å². The summed E-state index contributed by atoms with van der Waals surface area (Å²) in [5, 5.41) is 5.33. The third kappa shape index (κ3) is 5.28. The lowest BCUT2D eigenvalue weighted by atomic mass is 10.1. The van der Waals surface area contributed by atoms with Crippen molar-refractivity contribution in [1.29, 1.82) is 0 Å². The third-order valence-electron chi connectivity index (χ3n) is 4.79. The summed E-state index contributed by atoms with van der Waals surface area (Å²) in [6, 6.07) is 8.67. The van der Waals surface area contributed by atoms with Crippen molar-refractivity contribution in [1.82, 2.24) is 15.2 Å². The van der Waals surface area contributed by atoms with E-state index in [0.717, 1.165) is 0 Å². The Morgan fingerprint density at radius 1 is 1.06 bits per heavy atom. The Morgan fingerprint density at radius 3 is 2.39 bits per heavy atom. The minimum atomic E-state index is -0.683. The van der Waals surface area contributed by atoms with E-state index in [1.807, 2.05) is 13.8 Å². The standard InChI is InChI=1S/C23H24FN3O4/c1-14(2)27-12-18(22(29)25-11-16-6-4-7-17(24)10-16)21(28)19(13-27)23(30)26-15(3)20-8-5-9-31-20/h4-10,12-15H,11H2,1-3H3,(H,25,29)(H,26,30)/t15-/m0/s1. The van der Waals surface area contributed by atoms with E-state index in [2.05, 4.69) is 10.6 Å². The molecule has 0 unspecified atom stereocenters. The number of hydrogen-bond donors (Lipinski definition) is 2. The highest BCUT2D eigenvalue weighted by Gasteiger charge is 2.22. The van der Waals surface area contributed by atoms with Crippen LogP contribution in [0.3, 0.4) is 0 Å². The summed E-state index contributed by atoms with van der Waals surface area (Å²) in [6.07, 6.45) is 4.34. The van der Waals surface area contributed by atoms with Crippen LogP contribution in [0.1, 0.15) is 64.9 Å². The highest BCUT2D eigenvalue weighted by molar-refractivity contribution is 5.99. The van der Waals surface area contributed by atoms with Crippen molar-refractivity contribution in [2.45, 2.75) is 39.4 Å². The minimum Gasteiger partial charge on any atom is -0.467 e. The number of benzene rings is 1. The van der Waals surface area contributed by atoms with Crippen LogP contribution in [0.5, 0.6) is 0 Å². The molecule has 1 atom stereocenters. The van der Waals surface area contributed by atoms with Crippen LogP contribution in [0.15, 0.2) is 64.3 Å². The predicted octanol–water partition coefficient (Wildman–Crippen LogP) is 3.58. The Bertz CT molecular complexity index is 1140. The van der Waals surface area contributed by atoms with E-state index >= 15 is 0 Å². The molecule has 0 radical (unpaired) electrons. The molecular weight excluding hydrogens is 401 g/mol. The molecular formula is C23H24FN3O4. The van der Waals surface area contributed by atoms with Gasteiger partial charge in [-0.2, -0.15) is 0 Å². The van der Waals surface area contributed by atoms with E-state index in [-0.39, 0.29) is 23.7 Å². The van der Waals surface area contributed by atoms with Crippen molar-refractivity contribution in [2.75, 3.05) is 0 Å². The fourth-order valence-electron chi connectivity index (χ4n) is 3.03. The molecule has 0 saturated carbocycles. The van der Waals surface area contributed by atoms with Gasteiger partial charge in [0.1, 0.15) is 22.7 Å². The maximum atomic E-state index is 13.4. The molecule has 2 amide bonds. The molecule has 0 saturated heterocycles. The first-order valence-electron chi connectivity index (χ1n) is 9.89. The number of carbonyl (C=O) groups is 2. The third-order valence-corrected chi connectivity index (χ3v) is 4.79. The molecule has 2 heterocycles. The first-order chi connectivity index (χ1) is 14.8. The Hall–Kier alpha value is -3.68. The van der Waals surface area contributed by atoms with Gasteiger partial charge in [-0.3, -0.25) is 14.4 Å². The van der Waals surface area contributed by atoms with Crippen molar-refractivity contribution in [3.63, 3.8) is 0 Å². The summed E-state index contributed by atoms with van der Waals surface area (Å²) < 4.78 is 20.3. The lowest BCUT2D eigenvalue weighted by molar-refractivity contribution is 0.0933. The van der Waals surface area contributed by atoms with Gasteiger partial charge in [-0.25, -0.2) is 4.39 Å². The van der Waals surface area contributed by atoms with Gasteiger partial charge in [-0.05, 0) is 50.6 Å². The first-order valence-corrected chi connectivity index (χ1v) is 9.89. The zero-order valence-corrected chi connectivity index (χ0v) is 17.5. The smallest absolute Gasteiger partial charge is 0.257 e. The molecule has 0 spiro atoms. The molecule has 0 bridgehead atoms. The maximum Gasteiger partial charge on any atom is 0.257 e. The molecule has 0 aliphatic carbocycles. The summed E-state index contributed by atoms with van der Waals surface area (Å²) in [4.78, 5) is 38.5. The van der Waals surface area contributed by atoms with Gasteiger partial charge in [0.15, 0.2) is 0 Å². The molecule has 8 heteroatoms. The fraction of sp³-hybridized carbons (Fsp3) is 0.261. The number of aromatic nitrogens is 1. The topological polar surface area (TPSA) is 93.3 Å². The van der Waals surface area contributed by atoms with E-state index in [9.17, 15) is 18.8 Å². The summed E-state index contributed by atoms with van der Waals surface area (Å²) in [5.74, 6) is -1.12. The number of carbonyl (C=O) groups excluding carboxylic acids is 2. The average molecular weight is 425 g/mol. The maximum absolute atomic E-state index is 13.4. The Kier molecular flexibility index (Phi) is 6.69. The summed E-state index contributed by atoms with van der Waals surface area (Å²) >= 11 is 0. The largest absolute Gasteiger partial charge is 0.467 e. The van der Waals surface area contributed by atoms with Crippen LogP contribution < -0.4 is 16.1 Å². The van der Waals surface area contributed by atoms with Crippen molar-refractivity contribution >= 4 is 11.8 Å². The number of nitrogens with zero attached hydrogens (tertiary/aromatic N) is 1. The second kappa shape index (κ2) is 9.42. The molecule has 1 aromatic carbocycles. The zero-order chi connectivity index (χ0) is 22.5. The predicted molar refractivity (Wildman–Crippen MR) is 113 cm³/mol. The van der Waals surface area contributed by atoms with Crippen LogP contribution in [0.25, 0.3) is 0 Å². The van der Waals surface area contributed by atoms with Crippen LogP contribution in [0.2, 0.25) is 0 Å². The Balaban J connectivity index is 1.86. The van der Waals surface area contributed by atoms with Gasteiger partial charge in [-0.15, -0.1) is 0 Å². The SMILES string of the molecule is CC(C)n1cc(C(=O)NCc2cccc(F)c2)c(=O)c(C(=O)N[C@@H](C)c2ccco2)c1. The molecule has 31 heavy (non-hydrogen) atoms. The lowest BCUT2D eigenvalue weighted by Crippen LogP contribution is -2.36. The summed E-state index contributed by atoms with van der Waals surface area (Å²) in [7, 11) is 0. The lowest BCUT2D eigenvalue weighted by Gasteiger charge is -2.16. The van der Waals surface area contributed by atoms with Crippen molar-refractivity contribution < 1.29 is 18.4 Å². The van der Waals surface area contributed by atoms with Gasteiger partial charge in [-0.1, -0.05) is 12.1 Å². The van der Waals surface area contributed by atoms with Gasteiger partial charge in [0.2, 0.25) is 5.43 Å². The molecule has 162 valence electrons. The molecule has 3 aromatic rings. The van der Waals surface area contributed by atoms with Crippen molar-refractivity contribution in [3.05, 3.63) is 93.5 Å². The number of hydrogen-bond acceptors (Lipinski definition) is 4. The van der Waals surface area contributed by atoms with Crippen molar-refractivity contribution in [2.24, 2.45) is 0 Å². The number of furan rings is 1. The highest BCUT2D eigenvalue weighted by Crippen LogP contribution is 2.14. The fourth-order valence-corrected chi connectivity index (χ4v) is 3.03. The van der Waals surface area contributed by atoms with Gasteiger partial charge in [0.05, 0.1) is 12.3 Å². The zero-order valence-electron chi connectivity index (χ0n) is 17.5. The average Bonchev–Trinajstić information content (AvgIpc) is 3.27. The second-order valence-electron chi connectivity index (χ2n) is 7.48. The monoisotopic (exact) mass is 425 g/mol. The van der Waals surface area contributed by atoms with Crippen LogP contribution in [-0.2, 0) is 6.54 Å². The van der Waals surface area contributed by atoms with Gasteiger partial charge >= 0.3 is 0 Å². The first kappa shape index (κ1) is 22.0. The summed E-state index contributed by atoms with van der Waals surface area (Å²) in [6.45, 7) is 5.51. The molecule has 2 N–H and O–H groups in total. The number of rotatable bonds is 7. The normalized spacial score (nSPS) is 11.9. The Morgan fingerprint density at radius 2 is 1.77 bits per heavy atom. The van der Waals surface area contributed by atoms with Gasteiger partial charge in [0.25, 0.3) is 11.8 Å². The van der Waals surface area contributed by atoms with Crippen LogP contribution in [0, 0.1) is 5.82 Å². The molecule has 0 fully saturated rings. The van der Waals surface area contributed by atoms with E-state index < -0.39 is 29.1 Å². The highest BCUT2D eigenvalue weighted by atomic mass is 19.1. The van der Waals surface area contributed by atoms with E-state index in [4.69, 9.17) is 4.42 Å². The van der Waals surface area contributed by atoms with Crippen LogP contribution >= 0.6 is 0 Å². The Labute approximate surface area is 178 Å². The molecule has 0 aliphatic rings. The minimum absolute atomic E-state index is 0.0453. The molecule has 0 aliphatic heterocycles. The number of pyridine rings is 1. The second-order valence-corrected chi connectivity index (χ2v) is 7.48. The van der Waals surface area contributed by atoms with Gasteiger partial charge < -0.3 is 19.6 Å². The number of nitrogens with one attached hydrogen (secondary N) is 2. The number of halogens is 1. The van der Waals surface area contributed by atoms with E-state index in [1.54, 1.807) is 29.7 Å². The molecule has 3 rings (SSSR count). The quantitative estimate of drug-likeness (QED) is 0.605. The summed E-state index contributed by atoms with van der Waals surface area (Å²) in [5.41, 5.74) is -0.439.